The van der Waals surface area contributed by atoms with Crippen LogP contribution >= 0.6 is 0 Å². The highest BCUT2D eigenvalue weighted by Gasteiger charge is 2.22. The highest BCUT2D eigenvalue weighted by Crippen LogP contribution is 2.20. The van der Waals surface area contributed by atoms with Gasteiger partial charge in [0.15, 0.2) is 0 Å². The monoisotopic (exact) mass is 585 g/mol. The Hall–Kier alpha value is -4.46. The average molecular weight is 586 g/mol. The third-order valence-electron chi connectivity index (χ3n) is 7.07. The number of carboxylic acid groups (broad SMARTS) is 1. The van der Waals surface area contributed by atoms with Gasteiger partial charge in [0, 0.05) is 5.69 Å². The molecule has 0 fully saturated rings. The molecule has 226 valence electrons. The highest BCUT2D eigenvalue weighted by molar-refractivity contribution is 6.00. The summed E-state index contributed by atoms with van der Waals surface area (Å²) < 4.78 is 21.1. The molecule has 3 aromatic carbocycles. The van der Waals surface area contributed by atoms with Crippen molar-refractivity contribution in [2.45, 2.75) is 66.6 Å². The zero-order valence-corrected chi connectivity index (χ0v) is 25.3. The van der Waals surface area contributed by atoms with E-state index in [9.17, 15) is 14.3 Å². The molecule has 1 unspecified atom stereocenters. The maximum atomic E-state index is 13.1. The number of carboxylic acids is 1. The van der Waals surface area contributed by atoms with E-state index >= 15 is 0 Å². The number of halogens is 1. The van der Waals surface area contributed by atoms with Crippen LogP contribution in [0.4, 0.5) is 4.39 Å². The maximum Gasteiger partial charge on any atom is 0.312 e. The summed E-state index contributed by atoms with van der Waals surface area (Å²) in [5.41, 5.74) is 6.28. The van der Waals surface area contributed by atoms with Crippen molar-refractivity contribution in [3.63, 3.8) is 0 Å². The topological polar surface area (TPSA) is 85.9 Å². The number of oxime groups is 1. The number of hydrogen-bond donors (Lipinski definition) is 1. The van der Waals surface area contributed by atoms with Gasteiger partial charge in [0.2, 0.25) is 0 Å². The molecule has 1 atom stereocenters. The van der Waals surface area contributed by atoms with E-state index in [-0.39, 0.29) is 18.8 Å². The van der Waals surface area contributed by atoms with Gasteiger partial charge in [-0.15, -0.1) is 0 Å². The molecule has 1 heterocycles. The Balaban J connectivity index is 1.35. The van der Waals surface area contributed by atoms with E-state index in [1.165, 1.54) is 17.7 Å². The minimum Gasteiger partial charge on any atom is -0.487 e. The first-order chi connectivity index (χ1) is 20.7. The fourth-order valence-electron chi connectivity index (χ4n) is 4.83. The van der Waals surface area contributed by atoms with Crippen molar-refractivity contribution < 1.29 is 23.9 Å². The molecule has 0 radical (unpaired) electrons. The Morgan fingerprint density at radius 3 is 2.19 bits per heavy atom. The van der Waals surface area contributed by atoms with Crippen molar-refractivity contribution in [2.75, 3.05) is 0 Å². The van der Waals surface area contributed by atoms with Gasteiger partial charge in [-0.2, -0.15) is 5.10 Å². The van der Waals surface area contributed by atoms with Crippen LogP contribution in [0.25, 0.3) is 5.69 Å². The summed E-state index contributed by atoms with van der Waals surface area (Å²) in [6, 6.07) is 24.0. The van der Waals surface area contributed by atoms with E-state index in [0.29, 0.717) is 24.0 Å². The van der Waals surface area contributed by atoms with E-state index in [1.807, 2.05) is 28.9 Å². The summed E-state index contributed by atoms with van der Waals surface area (Å²) in [4.78, 5) is 17.3. The number of benzene rings is 3. The minimum atomic E-state index is -0.986. The fraction of sp³-hybridized carbons (Fsp3) is 0.343. The fourth-order valence-corrected chi connectivity index (χ4v) is 4.83. The normalized spacial score (nSPS) is 12.4. The number of rotatable bonds is 15. The molecule has 8 heteroatoms. The SMILES string of the molecule is CCCc1cc(COc2ccc(CC(C(=O)O)C(C)=NOCc3ccc(F)cc3)cc2)nn1-c1ccc(CC(C)C)cc1. The quantitative estimate of drug-likeness (QED) is 0.115. The molecule has 1 aromatic heterocycles. The van der Waals surface area contributed by atoms with Crippen molar-refractivity contribution in [1.82, 2.24) is 9.78 Å². The molecule has 4 rings (SSSR count). The van der Waals surface area contributed by atoms with Gasteiger partial charge in [-0.1, -0.05) is 68.7 Å². The first kappa shape index (κ1) is 31.5. The van der Waals surface area contributed by atoms with E-state index in [2.05, 4.69) is 56.3 Å². The predicted molar refractivity (Wildman–Crippen MR) is 166 cm³/mol. The van der Waals surface area contributed by atoms with Crippen molar-refractivity contribution in [3.8, 4) is 11.4 Å². The molecule has 0 bridgehead atoms. The molecular weight excluding hydrogens is 545 g/mol. The number of hydrogen-bond acceptors (Lipinski definition) is 5. The predicted octanol–water partition coefficient (Wildman–Crippen LogP) is 7.58. The largest absolute Gasteiger partial charge is 0.487 e. The van der Waals surface area contributed by atoms with Gasteiger partial charge in [-0.3, -0.25) is 4.79 Å². The summed E-state index contributed by atoms with van der Waals surface area (Å²) in [5.74, 6) is -0.879. The molecular formula is C35H40FN3O4. The molecule has 1 N–H and O–H groups in total. The number of ether oxygens (including phenoxy) is 1. The lowest BCUT2D eigenvalue weighted by molar-refractivity contribution is -0.139. The van der Waals surface area contributed by atoms with Crippen molar-refractivity contribution in [2.24, 2.45) is 17.0 Å². The van der Waals surface area contributed by atoms with Gasteiger partial charge < -0.3 is 14.7 Å². The number of aryl methyl sites for hydroxylation is 1. The Labute approximate surface area is 253 Å². The van der Waals surface area contributed by atoms with Crippen molar-refractivity contribution >= 4 is 11.7 Å². The van der Waals surface area contributed by atoms with Crippen LogP contribution in [0.15, 0.2) is 84.0 Å². The molecule has 0 spiro atoms. The number of carbonyl (C=O) groups is 1. The van der Waals surface area contributed by atoms with E-state index < -0.39 is 11.9 Å². The van der Waals surface area contributed by atoms with Crippen molar-refractivity contribution in [1.29, 1.82) is 0 Å². The summed E-state index contributed by atoms with van der Waals surface area (Å²) in [6.45, 7) is 8.68. The number of aromatic nitrogens is 2. The molecule has 0 aliphatic carbocycles. The van der Waals surface area contributed by atoms with Gasteiger partial charge in [0.1, 0.15) is 36.4 Å². The number of nitrogens with zero attached hydrogens (tertiary/aromatic N) is 3. The van der Waals surface area contributed by atoms with Crippen LogP contribution in [-0.2, 0) is 42.1 Å². The van der Waals surface area contributed by atoms with Gasteiger partial charge in [-0.05, 0) is 91.3 Å². The highest BCUT2D eigenvalue weighted by atomic mass is 19.1. The van der Waals surface area contributed by atoms with E-state index in [0.717, 1.165) is 47.5 Å². The Kier molecular flexibility index (Phi) is 11.1. The molecule has 0 aliphatic heterocycles. The van der Waals surface area contributed by atoms with Gasteiger partial charge >= 0.3 is 5.97 Å². The Morgan fingerprint density at radius 2 is 1.56 bits per heavy atom. The third kappa shape index (κ3) is 9.26. The molecule has 43 heavy (non-hydrogen) atoms. The maximum absolute atomic E-state index is 13.1. The first-order valence-electron chi connectivity index (χ1n) is 14.7. The summed E-state index contributed by atoms with van der Waals surface area (Å²) >= 11 is 0. The Morgan fingerprint density at radius 1 is 0.930 bits per heavy atom. The van der Waals surface area contributed by atoms with Crippen LogP contribution in [0.3, 0.4) is 0 Å². The van der Waals surface area contributed by atoms with E-state index in [1.54, 1.807) is 19.1 Å². The lowest BCUT2D eigenvalue weighted by atomic mass is 9.95. The summed E-state index contributed by atoms with van der Waals surface area (Å²) in [6.07, 6.45) is 3.24. The van der Waals surface area contributed by atoms with Gasteiger partial charge in [-0.25, -0.2) is 9.07 Å². The van der Waals surface area contributed by atoms with Crippen LogP contribution < -0.4 is 4.74 Å². The van der Waals surface area contributed by atoms with Crippen LogP contribution in [-0.4, -0.2) is 26.6 Å². The Bertz CT molecular complexity index is 1490. The standard InChI is InChI=1S/C35H40FN3O4/c1-5-6-32-21-30(37-39(32)31-15-9-26(10-16-31)19-24(2)3)23-42-33-17-11-27(12-18-33)20-34(35(40)41)25(4)38-43-22-28-7-13-29(36)14-8-28/h7-18,21,24,34H,5-6,19-20,22-23H2,1-4H3,(H,40,41). The van der Waals surface area contributed by atoms with E-state index in [4.69, 9.17) is 14.7 Å². The zero-order chi connectivity index (χ0) is 30.8. The summed E-state index contributed by atoms with van der Waals surface area (Å²) in [7, 11) is 0. The van der Waals surface area contributed by atoms with Crippen LogP contribution in [0.5, 0.6) is 5.75 Å². The second kappa shape index (κ2) is 15.1. The van der Waals surface area contributed by atoms with Crippen LogP contribution in [0.1, 0.15) is 62.2 Å². The first-order valence-corrected chi connectivity index (χ1v) is 14.7. The molecule has 0 saturated heterocycles. The van der Waals surface area contributed by atoms with Crippen LogP contribution in [0.2, 0.25) is 0 Å². The smallest absolute Gasteiger partial charge is 0.312 e. The molecule has 4 aromatic rings. The average Bonchev–Trinajstić information content (AvgIpc) is 3.39. The van der Waals surface area contributed by atoms with Crippen molar-refractivity contribution in [3.05, 3.63) is 113 Å². The van der Waals surface area contributed by atoms with Crippen LogP contribution in [0, 0.1) is 17.7 Å². The molecule has 0 aliphatic rings. The minimum absolute atomic E-state index is 0.124. The molecule has 0 amide bonds. The number of aliphatic carboxylic acids is 1. The second-order valence-corrected chi connectivity index (χ2v) is 11.2. The summed E-state index contributed by atoms with van der Waals surface area (Å²) in [5, 5.41) is 18.6. The molecule has 7 nitrogen and oxygen atoms in total. The van der Waals surface area contributed by atoms with Gasteiger partial charge in [0.05, 0.1) is 11.4 Å². The second-order valence-electron chi connectivity index (χ2n) is 11.2. The van der Waals surface area contributed by atoms with Gasteiger partial charge in [0.25, 0.3) is 0 Å². The zero-order valence-electron chi connectivity index (χ0n) is 25.3. The lowest BCUT2D eigenvalue weighted by Gasteiger charge is -2.13. The molecule has 0 saturated carbocycles. The third-order valence-corrected chi connectivity index (χ3v) is 7.07. The lowest BCUT2D eigenvalue weighted by Crippen LogP contribution is -2.24.